The first-order valence-corrected chi connectivity index (χ1v) is 27.5. The number of esters is 8. The zero-order valence-corrected chi connectivity index (χ0v) is 46.3. The minimum atomic E-state index is -6.09. The van der Waals surface area contributed by atoms with Crippen molar-refractivity contribution in [2.45, 2.75) is 117 Å². The minimum Gasteiger partial charge on any atom is -0.436 e. The van der Waals surface area contributed by atoms with Crippen molar-refractivity contribution in [2.75, 3.05) is 54.3 Å². The van der Waals surface area contributed by atoms with Gasteiger partial charge in [-0.1, -0.05) is 0 Å². The van der Waals surface area contributed by atoms with Crippen molar-refractivity contribution >= 4 is 79.0 Å². The molecule has 3 aliphatic rings. The highest BCUT2D eigenvalue weighted by molar-refractivity contribution is 7.49. The van der Waals surface area contributed by atoms with Gasteiger partial charge < -0.3 is 47.4 Å². The summed E-state index contributed by atoms with van der Waals surface area (Å²) in [7, 11) is -24.0. The highest BCUT2D eigenvalue weighted by Crippen LogP contribution is 2.66. The van der Waals surface area contributed by atoms with Crippen molar-refractivity contribution in [3.8, 4) is 0 Å². The molecule has 3 rings (SSSR count). The first-order chi connectivity index (χ1) is 37.6. The van der Waals surface area contributed by atoms with E-state index in [4.69, 9.17) is 104 Å². The highest BCUT2D eigenvalue weighted by atomic mass is 31.2. The standard InChI is InChI=1S/C34H52O42P4/c1-20(35)47-12-55-69-77(43,70-56-13-48-21(2)36)65-29-30(66-78(44,71-57-14-49-22(3)37)72-58-15-50-23(4)38)32-34(11-9-10-28(63-32)64-34)33(68-80(46,75-61-18-53-26(7)41)76-62-19-54-27(8)42)31(29)67-79(45,73-59-16-51-24(5)39)74-60-17-52-25(6)40/h28-33H,9-19H2,1-8H3. The molecule has 2 heterocycles. The monoisotopic (exact) mass is 1260 g/mol. The SMILES string of the molecule is CC(=O)OCOOP(=O)(OOCOC(C)=O)OC1C(OP(=O)(OOCOC(C)=O)OOCOC(C)=O)C2OC3CCCC2(O3)C(OP(=O)(OOCOC(C)=O)OOCOC(C)=O)C1OP(=O)(OOCOC(C)=O)OOCOC(C)=O. The summed E-state index contributed by atoms with van der Waals surface area (Å²) in [6, 6.07) is 0. The average molecular weight is 1260 g/mol. The zero-order valence-electron chi connectivity index (χ0n) is 42.7. The first kappa shape index (κ1) is 70.1. The minimum absolute atomic E-state index is 0.0775. The number of fused-ring (bicyclic) bond motifs is 1. The van der Waals surface area contributed by atoms with Gasteiger partial charge in [-0.05, 0) is 19.3 Å². The second-order valence-corrected chi connectivity index (χ2v) is 20.2. The summed E-state index contributed by atoms with van der Waals surface area (Å²) in [4.78, 5) is 130. The van der Waals surface area contributed by atoms with E-state index in [1.807, 2.05) is 0 Å². The Hall–Kier alpha value is -4.20. The molecule has 460 valence electrons. The molecule has 2 bridgehead atoms. The number of hydrogen-bond donors (Lipinski definition) is 0. The lowest BCUT2D eigenvalue weighted by Crippen LogP contribution is -2.71. The Labute approximate surface area is 448 Å². The van der Waals surface area contributed by atoms with Crippen molar-refractivity contribution in [3.63, 3.8) is 0 Å². The van der Waals surface area contributed by atoms with Crippen molar-refractivity contribution < 1.29 is 199 Å². The third-order valence-corrected chi connectivity index (χ3v) is 12.8. The molecule has 7 unspecified atom stereocenters. The van der Waals surface area contributed by atoms with Crippen molar-refractivity contribution in [1.29, 1.82) is 0 Å². The van der Waals surface area contributed by atoms with Crippen LogP contribution in [0.4, 0.5) is 0 Å². The molecular weight excluding hydrogens is 1200 g/mol. The predicted octanol–water partition coefficient (Wildman–Crippen LogP) is 2.39. The van der Waals surface area contributed by atoms with E-state index in [0.29, 0.717) is 0 Å². The van der Waals surface area contributed by atoms with Crippen LogP contribution in [-0.4, -0.2) is 145 Å². The Morgan fingerprint density at radius 2 is 0.625 bits per heavy atom. The Bertz CT molecular complexity index is 2160. The molecule has 7 atom stereocenters. The van der Waals surface area contributed by atoms with Gasteiger partial charge in [0.1, 0.15) is 36.1 Å². The molecule has 1 spiro atoms. The van der Waals surface area contributed by atoms with E-state index in [-0.39, 0.29) is 12.8 Å². The van der Waals surface area contributed by atoms with Crippen LogP contribution >= 0.6 is 31.3 Å². The van der Waals surface area contributed by atoms with Gasteiger partial charge in [0, 0.05) is 55.4 Å². The van der Waals surface area contributed by atoms with E-state index in [9.17, 15) is 56.6 Å². The van der Waals surface area contributed by atoms with Crippen LogP contribution in [0.1, 0.15) is 74.7 Å². The van der Waals surface area contributed by atoms with Crippen LogP contribution in [0.5, 0.6) is 0 Å². The lowest BCUT2D eigenvalue weighted by atomic mass is 9.72. The topological polar surface area (TPSA) is 482 Å². The number of carbonyl (C=O) groups is 8. The van der Waals surface area contributed by atoms with Gasteiger partial charge in [0.15, 0.2) is 6.29 Å². The Kier molecular flexibility index (Phi) is 30.1. The van der Waals surface area contributed by atoms with Crippen molar-refractivity contribution in [2.24, 2.45) is 0 Å². The van der Waals surface area contributed by atoms with Crippen LogP contribution in [0.2, 0.25) is 0 Å². The fourth-order valence-corrected chi connectivity index (χ4v) is 9.78. The molecule has 0 amide bonds. The maximum Gasteiger partial charge on any atom is 0.530 e. The van der Waals surface area contributed by atoms with Gasteiger partial charge in [-0.25, -0.2) is 18.3 Å². The molecule has 0 aromatic heterocycles. The fraction of sp³-hybridized carbons (Fsp3) is 0.765. The van der Waals surface area contributed by atoms with E-state index in [1.165, 1.54) is 0 Å². The maximum absolute atomic E-state index is 14.9. The smallest absolute Gasteiger partial charge is 0.436 e. The summed E-state index contributed by atoms with van der Waals surface area (Å²) in [5.41, 5.74) is -2.58. The molecule has 0 radical (unpaired) electrons. The molecule has 80 heavy (non-hydrogen) atoms. The summed E-state index contributed by atoms with van der Waals surface area (Å²) in [5, 5.41) is 0. The summed E-state index contributed by atoms with van der Waals surface area (Å²) >= 11 is 0. The second-order valence-electron chi connectivity index (χ2n) is 14.5. The molecule has 0 aromatic carbocycles. The Morgan fingerprint density at radius 3 is 0.900 bits per heavy atom. The molecule has 0 N–H and O–H groups in total. The third-order valence-electron chi connectivity index (χ3n) is 8.49. The molecule has 3 fully saturated rings. The summed E-state index contributed by atoms with van der Waals surface area (Å²) in [5.74, 6) is -8.25. The number of ether oxygens (including phenoxy) is 10. The van der Waals surface area contributed by atoms with Gasteiger partial charge >= 0.3 is 79.0 Å². The quantitative estimate of drug-likeness (QED) is 0.0162. The molecule has 2 aliphatic heterocycles. The average Bonchev–Trinajstić information content (AvgIpc) is 3.64. The summed E-state index contributed by atoms with van der Waals surface area (Å²) in [6.07, 6.45) is -15.7. The number of rotatable bonds is 40. The Morgan fingerprint density at radius 1 is 0.375 bits per heavy atom. The molecular formula is C34H52O42P4. The molecule has 1 saturated carbocycles. The van der Waals surface area contributed by atoms with Gasteiger partial charge in [0.25, 0.3) is 0 Å². The normalized spacial score (nSPS) is 21.8. The van der Waals surface area contributed by atoms with Crippen LogP contribution in [-0.2, 0) is 199 Å². The fourth-order valence-electron chi connectivity index (χ4n) is 5.85. The third kappa shape index (κ3) is 25.5. The number of hydrogen-bond acceptors (Lipinski definition) is 42. The van der Waals surface area contributed by atoms with E-state index >= 15 is 0 Å². The van der Waals surface area contributed by atoms with Gasteiger partial charge in [-0.2, -0.15) is 39.1 Å². The maximum atomic E-state index is 14.9. The van der Waals surface area contributed by atoms with Crippen LogP contribution in [0, 0.1) is 0 Å². The second kappa shape index (κ2) is 34.4. The van der Waals surface area contributed by atoms with Crippen molar-refractivity contribution in [1.82, 2.24) is 0 Å². The molecule has 0 aromatic rings. The van der Waals surface area contributed by atoms with Gasteiger partial charge in [0.2, 0.25) is 54.3 Å². The summed E-state index contributed by atoms with van der Waals surface area (Å²) < 4.78 is 170. The largest absolute Gasteiger partial charge is 0.530 e. The lowest BCUT2D eigenvalue weighted by Gasteiger charge is -2.52. The molecule has 1 aliphatic carbocycles. The van der Waals surface area contributed by atoms with Crippen LogP contribution in [0.3, 0.4) is 0 Å². The summed E-state index contributed by atoms with van der Waals surface area (Å²) in [6.45, 7) is -2.92. The van der Waals surface area contributed by atoms with E-state index < -0.39 is 182 Å². The van der Waals surface area contributed by atoms with E-state index in [1.54, 1.807) is 0 Å². The van der Waals surface area contributed by atoms with Gasteiger partial charge in [0.05, 0.1) is 0 Å². The highest BCUT2D eigenvalue weighted by Gasteiger charge is 2.73. The van der Waals surface area contributed by atoms with Gasteiger partial charge in [-0.3, -0.25) is 56.5 Å². The van der Waals surface area contributed by atoms with E-state index in [0.717, 1.165) is 55.4 Å². The number of carbonyl (C=O) groups excluding carboxylic acids is 8. The zero-order chi connectivity index (χ0) is 59.6. The van der Waals surface area contributed by atoms with Crippen LogP contribution < -0.4 is 0 Å². The van der Waals surface area contributed by atoms with E-state index in [2.05, 4.69) is 37.9 Å². The molecule has 2 saturated heterocycles. The van der Waals surface area contributed by atoms with Crippen molar-refractivity contribution in [3.05, 3.63) is 0 Å². The predicted molar refractivity (Wildman–Crippen MR) is 227 cm³/mol. The first-order valence-electron chi connectivity index (χ1n) is 21.7. The number of phosphoric acid groups is 4. The lowest BCUT2D eigenvalue weighted by molar-refractivity contribution is -0.342. The molecule has 46 heteroatoms. The molecule has 42 nitrogen and oxygen atoms in total. The van der Waals surface area contributed by atoms with Crippen LogP contribution in [0.25, 0.3) is 0 Å². The van der Waals surface area contributed by atoms with Gasteiger partial charge in [-0.15, -0.1) is 37.4 Å². The Balaban J connectivity index is 2.51. The van der Waals surface area contributed by atoms with Crippen LogP contribution in [0.15, 0.2) is 0 Å².